The summed E-state index contributed by atoms with van der Waals surface area (Å²) in [6, 6.07) is 0. The molecule has 162 valence electrons. The molecule has 9 heteroatoms. The highest BCUT2D eigenvalue weighted by atomic mass is 35.5. The van der Waals surface area contributed by atoms with E-state index in [4.69, 9.17) is 22.1 Å². The quantitative estimate of drug-likeness (QED) is 0.362. The van der Waals surface area contributed by atoms with E-state index < -0.39 is 8.07 Å². The molecule has 0 spiro atoms. The van der Waals surface area contributed by atoms with Crippen molar-refractivity contribution in [3.63, 3.8) is 0 Å². The van der Waals surface area contributed by atoms with E-state index in [0.717, 1.165) is 17.1 Å². The van der Waals surface area contributed by atoms with Gasteiger partial charge in [0.05, 0.1) is 32.6 Å². The van der Waals surface area contributed by atoms with Crippen LogP contribution in [0, 0.1) is 0 Å². The van der Waals surface area contributed by atoms with Gasteiger partial charge < -0.3 is 15.0 Å². The average Bonchev–Trinajstić information content (AvgIpc) is 2.88. The normalized spacial score (nSPS) is 15.5. The number of ether oxygens (including phenoxy) is 1. The molecule has 30 heavy (non-hydrogen) atoms. The van der Waals surface area contributed by atoms with Crippen molar-refractivity contribution in [2.45, 2.75) is 26.4 Å². The maximum absolute atomic E-state index is 13.4. The summed E-state index contributed by atoms with van der Waals surface area (Å²) in [4.78, 5) is 16.1. The molecule has 2 rings (SSSR count). The lowest BCUT2D eigenvalue weighted by Crippen LogP contribution is -2.20. The summed E-state index contributed by atoms with van der Waals surface area (Å²) in [6.07, 6.45) is 12.7. The zero-order valence-electron chi connectivity index (χ0n) is 17.1. The van der Waals surface area contributed by atoms with E-state index >= 15 is 0 Å². The van der Waals surface area contributed by atoms with Gasteiger partial charge in [-0.3, -0.25) is 9.88 Å². The smallest absolute Gasteiger partial charge is 0.253 e. The third-order valence-electron chi connectivity index (χ3n) is 4.34. The Morgan fingerprint density at radius 3 is 2.90 bits per heavy atom. The van der Waals surface area contributed by atoms with Gasteiger partial charge in [0, 0.05) is 18.7 Å². The van der Waals surface area contributed by atoms with Gasteiger partial charge in [0.1, 0.15) is 11.7 Å². The van der Waals surface area contributed by atoms with Gasteiger partial charge in [-0.1, -0.05) is 29.8 Å². The SMILES string of the molecule is CCOCCn1c(CNP(C)C(N)=O)nc(/C=C/Cl)c1/C=C/C1=CCC=C(F)C=C1. The summed E-state index contributed by atoms with van der Waals surface area (Å²) in [5.74, 6) is 0.494. The van der Waals surface area contributed by atoms with E-state index in [1.165, 1.54) is 17.7 Å². The Kier molecular flexibility index (Phi) is 10.2. The number of imidazole rings is 1. The molecule has 0 saturated heterocycles. The first-order valence-electron chi connectivity index (χ1n) is 9.58. The number of nitrogens with one attached hydrogen (secondary N) is 1. The molecule has 0 saturated carbocycles. The van der Waals surface area contributed by atoms with Crippen molar-refractivity contribution < 1.29 is 13.9 Å². The van der Waals surface area contributed by atoms with Crippen LogP contribution >= 0.6 is 19.7 Å². The van der Waals surface area contributed by atoms with E-state index in [2.05, 4.69) is 10.1 Å². The molecule has 1 heterocycles. The number of amides is 1. The van der Waals surface area contributed by atoms with Gasteiger partial charge in [-0.2, -0.15) is 0 Å². The summed E-state index contributed by atoms with van der Waals surface area (Å²) in [5.41, 5.74) is 8.83. The molecule has 0 bridgehead atoms. The molecule has 1 unspecified atom stereocenters. The fraction of sp³-hybridized carbons (Fsp3) is 0.333. The molecule has 0 aromatic carbocycles. The van der Waals surface area contributed by atoms with Gasteiger partial charge in [-0.05, 0) is 49.9 Å². The summed E-state index contributed by atoms with van der Waals surface area (Å²) in [6.45, 7) is 5.79. The molecule has 0 fully saturated rings. The van der Waals surface area contributed by atoms with Gasteiger partial charge in [-0.15, -0.1) is 0 Å². The van der Waals surface area contributed by atoms with Crippen LogP contribution in [0.3, 0.4) is 0 Å². The number of carbonyl (C=O) groups is 1. The van der Waals surface area contributed by atoms with Gasteiger partial charge in [-0.25, -0.2) is 9.37 Å². The topological polar surface area (TPSA) is 82.2 Å². The third kappa shape index (κ3) is 7.33. The molecule has 1 aromatic rings. The molecule has 3 N–H and O–H groups in total. The Hall–Kier alpha value is -2.05. The lowest BCUT2D eigenvalue weighted by atomic mass is 10.2. The van der Waals surface area contributed by atoms with Gasteiger partial charge in [0.2, 0.25) is 0 Å². The van der Waals surface area contributed by atoms with Crippen molar-refractivity contribution in [2.75, 3.05) is 19.9 Å². The molecule has 1 aliphatic carbocycles. The molecular weight excluding hydrogens is 426 g/mol. The maximum atomic E-state index is 13.4. The molecular formula is C21H27ClFN4O2P. The van der Waals surface area contributed by atoms with E-state index in [0.29, 0.717) is 38.4 Å². The lowest BCUT2D eigenvalue weighted by Gasteiger charge is -2.13. The first kappa shape index (κ1) is 24.2. The Morgan fingerprint density at radius 2 is 2.20 bits per heavy atom. The highest BCUT2D eigenvalue weighted by Gasteiger charge is 2.16. The molecule has 0 radical (unpaired) electrons. The number of rotatable bonds is 11. The minimum absolute atomic E-state index is 0.249. The zero-order chi connectivity index (χ0) is 21.9. The van der Waals surface area contributed by atoms with E-state index in [1.54, 1.807) is 18.8 Å². The van der Waals surface area contributed by atoms with E-state index in [-0.39, 0.29) is 11.5 Å². The standard InChI is InChI=1S/C21H27ClFN4O2P/c1-3-29-14-13-27-19(10-8-16-5-4-6-17(23)9-7-16)18(11-12-22)26-20(27)15-25-30(2)21(24)28/h5-12,25H,3-4,13-15H2,1-2H3,(H2,24,28)/b10-8+,12-11+. The average molecular weight is 453 g/mol. The van der Waals surface area contributed by atoms with Gasteiger partial charge in [0.25, 0.3) is 5.65 Å². The number of nitrogens with zero attached hydrogens (tertiary/aromatic N) is 2. The van der Waals surface area contributed by atoms with Crippen LogP contribution in [0.25, 0.3) is 12.2 Å². The summed E-state index contributed by atoms with van der Waals surface area (Å²) in [5, 5.41) is 3.14. The summed E-state index contributed by atoms with van der Waals surface area (Å²) >= 11 is 5.83. The number of carbonyl (C=O) groups excluding carboxylic acids is 1. The van der Waals surface area contributed by atoms with E-state index in [9.17, 15) is 9.18 Å². The third-order valence-corrected chi connectivity index (χ3v) is 5.76. The molecule has 1 aromatic heterocycles. The Bertz CT molecular complexity index is 890. The van der Waals surface area contributed by atoms with Crippen LogP contribution in [-0.2, 0) is 17.8 Å². The second-order valence-electron chi connectivity index (χ2n) is 6.37. The zero-order valence-corrected chi connectivity index (χ0v) is 18.8. The molecule has 6 nitrogen and oxygen atoms in total. The Labute approximate surface area is 182 Å². The first-order valence-corrected chi connectivity index (χ1v) is 11.8. The van der Waals surface area contributed by atoms with Crippen LogP contribution in [0.2, 0.25) is 0 Å². The summed E-state index contributed by atoms with van der Waals surface area (Å²) in [7, 11) is -1.14. The van der Waals surface area contributed by atoms with Crippen LogP contribution in [0.4, 0.5) is 9.18 Å². The Balaban J connectivity index is 2.36. The highest BCUT2D eigenvalue weighted by molar-refractivity contribution is 7.72. The van der Waals surface area contributed by atoms with Crippen LogP contribution in [0.1, 0.15) is 30.6 Å². The first-order chi connectivity index (χ1) is 14.5. The predicted octanol–water partition coefficient (Wildman–Crippen LogP) is 5.08. The number of hydrogen-bond acceptors (Lipinski definition) is 4. The molecule has 0 aliphatic heterocycles. The molecule has 1 atom stereocenters. The van der Waals surface area contributed by atoms with Crippen molar-refractivity contribution >= 4 is 37.5 Å². The van der Waals surface area contributed by atoms with Gasteiger partial charge >= 0.3 is 0 Å². The van der Waals surface area contributed by atoms with Crippen LogP contribution in [0.5, 0.6) is 0 Å². The number of hydrogen-bond donors (Lipinski definition) is 2. The molecule has 1 amide bonds. The predicted molar refractivity (Wildman–Crippen MR) is 123 cm³/mol. The second kappa shape index (κ2) is 12.6. The van der Waals surface area contributed by atoms with Crippen molar-refractivity contribution in [3.8, 4) is 0 Å². The fourth-order valence-electron chi connectivity index (χ4n) is 2.76. The van der Waals surface area contributed by atoms with Crippen LogP contribution < -0.4 is 10.8 Å². The molecule has 1 aliphatic rings. The minimum atomic E-state index is -1.14. The Morgan fingerprint density at radius 1 is 1.40 bits per heavy atom. The minimum Gasteiger partial charge on any atom is -0.380 e. The summed E-state index contributed by atoms with van der Waals surface area (Å²) < 4.78 is 21.0. The van der Waals surface area contributed by atoms with Crippen molar-refractivity contribution in [3.05, 3.63) is 64.5 Å². The maximum Gasteiger partial charge on any atom is 0.253 e. The van der Waals surface area contributed by atoms with Crippen molar-refractivity contribution in [2.24, 2.45) is 5.73 Å². The van der Waals surface area contributed by atoms with Gasteiger partial charge in [0.15, 0.2) is 0 Å². The number of primary amides is 1. The van der Waals surface area contributed by atoms with Crippen molar-refractivity contribution in [1.29, 1.82) is 0 Å². The monoisotopic (exact) mass is 452 g/mol. The fourth-order valence-corrected chi connectivity index (χ4v) is 3.42. The number of nitrogens with two attached hydrogens (primary N) is 1. The van der Waals surface area contributed by atoms with Crippen LogP contribution in [0.15, 0.2) is 47.3 Å². The highest BCUT2D eigenvalue weighted by Crippen LogP contribution is 2.26. The second-order valence-corrected chi connectivity index (χ2v) is 8.49. The van der Waals surface area contributed by atoms with Crippen LogP contribution in [-0.4, -0.2) is 35.1 Å². The lowest BCUT2D eigenvalue weighted by molar-refractivity contribution is 0.138. The number of allylic oxidation sites excluding steroid dienone is 7. The largest absolute Gasteiger partial charge is 0.380 e. The number of aromatic nitrogens is 2. The van der Waals surface area contributed by atoms with E-state index in [1.807, 2.05) is 29.7 Å². The van der Waals surface area contributed by atoms with Crippen molar-refractivity contribution in [1.82, 2.24) is 14.6 Å². The number of halogens is 2.